The Morgan fingerprint density at radius 3 is 2.47 bits per heavy atom. The van der Waals surface area contributed by atoms with Crippen LogP contribution < -0.4 is 15.2 Å². The molecule has 1 aromatic rings. The number of ether oxygens (including phenoxy) is 1. The first-order valence-corrected chi connectivity index (χ1v) is 10.6. The Hall–Kier alpha value is -2.52. The number of nitrogens with zero attached hydrogens (tertiary/aromatic N) is 2. The standard InChI is InChI=1S/C15H14F3N3O7S2/c16-15(17,18)30(26,27)20-7-29-13-10(12(23)21(13)11(20)14(24)25)19-9(22)6-28-8-4-2-1-3-5-8/h1-5,10-11,13H,6-7H2,(H,19,22)(H,24,25)/p-1. The van der Waals surface area contributed by atoms with Crippen molar-refractivity contribution in [1.82, 2.24) is 14.5 Å². The van der Waals surface area contributed by atoms with Crippen LogP contribution in [0, 0.1) is 0 Å². The Kier molecular flexibility index (Phi) is 5.88. The summed E-state index contributed by atoms with van der Waals surface area (Å²) in [7, 11) is -6.03. The van der Waals surface area contributed by atoms with Crippen molar-refractivity contribution in [1.29, 1.82) is 0 Å². The van der Waals surface area contributed by atoms with Crippen LogP contribution in [0.4, 0.5) is 13.2 Å². The molecule has 2 amide bonds. The molecule has 2 aliphatic rings. The van der Waals surface area contributed by atoms with E-state index >= 15 is 0 Å². The minimum absolute atomic E-state index is 0.363. The number of benzene rings is 1. The second-order valence-electron chi connectivity index (χ2n) is 6.11. The molecule has 0 radical (unpaired) electrons. The molecule has 3 rings (SSSR count). The highest BCUT2D eigenvalue weighted by Gasteiger charge is 2.61. The van der Waals surface area contributed by atoms with Gasteiger partial charge >= 0.3 is 15.5 Å². The lowest BCUT2D eigenvalue weighted by molar-refractivity contribution is -0.316. The van der Waals surface area contributed by atoms with Gasteiger partial charge in [0.2, 0.25) is 0 Å². The van der Waals surface area contributed by atoms with Gasteiger partial charge in [-0.25, -0.2) is 8.42 Å². The van der Waals surface area contributed by atoms with E-state index in [-0.39, 0.29) is 4.31 Å². The van der Waals surface area contributed by atoms with Crippen molar-refractivity contribution in [3.05, 3.63) is 30.3 Å². The number of thioether (sulfide) groups is 1. The SMILES string of the molecule is O=C(COc1ccccc1)NC1C(=O)N2C1SCN(S(=O)(=O)C(F)(F)F)C2C(=O)[O-]. The Morgan fingerprint density at radius 2 is 1.90 bits per heavy atom. The lowest BCUT2D eigenvalue weighted by Gasteiger charge is -2.55. The Bertz CT molecular complexity index is 958. The van der Waals surface area contributed by atoms with E-state index in [0.717, 1.165) is 0 Å². The zero-order valence-electron chi connectivity index (χ0n) is 14.7. The van der Waals surface area contributed by atoms with E-state index in [2.05, 4.69) is 5.32 Å². The van der Waals surface area contributed by atoms with Crippen LogP contribution in [0.3, 0.4) is 0 Å². The van der Waals surface area contributed by atoms with Gasteiger partial charge in [0.15, 0.2) is 6.61 Å². The van der Waals surface area contributed by atoms with Crippen LogP contribution in [0.1, 0.15) is 0 Å². The number of rotatable bonds is 6. The van der Waals surface area contributed by atoms with Crippen molar-refractivity contribution in [2.75, 3.05) is 12.5 Å². The fourth-order valence-electron chi connectivity index (χ4n) is 2.86. The number of para-hydroxylation sites is 1. The van der Waals surface area contributed by atoms with Crippen molar-refractivity contribution < 1.29 is 45.8 Å². The van der Waals surface area contributed by atoms with Crippen LogP contribution in [0.2, 0.25) is 0 Å². The van der Waals surface area contributed by atoms with Gasteiger partial charge in [-0.1, -0.05) is 18.2 Å². The monoisotopic (exact) mass is 468 g/mol. The number of alkyl halides is 3. The molecule has 164 valence electrons. The molecule has 0 bridgehead atoms. The fourth-order valence-corrected chi connectivity index (χ4v) is 5.51. The fraction of sp³-hybridized carbons (Fsp3) is 0.400. The van der Waals surface area contributed by atoms with Gasteiger partial charge in [0.05, 0.1) is 11.8 Å². The number of fused-ring (bicyclic) bond motifs is 1. The molecular formula is C15H13F3N3O7S2-. The van der Waals surface area contributed by atoms with E-state index in [1.165, 1.54) is 0 Å². The number of carbonyl (C=O) groups is 3. The Morgan fingerprint density at radius 1 is 1.27 bits per heavy atom. The predicted octanol–water partition coefficient (Wildman–Crippen LogP) is -1.35. The van der Waals surface area contributed by atoms with Crippen LogP contribution in [-0.4, -0.2) is 71.0 Å². The molecule has 0 aliphatic carbocycles. The van der Waals surface area contributed by atoms with E-state index in [0.29, 0.717) is 22.4 Å². The van der Waals surface area contributed by atoms with E-state index in [1.807, 2.05) is 0 Å². The molecule has 3 unspecified atom stereocenters. The first-order valence-electron chi connectivity index (χ1n) is 8.15. The van der Waals surface area contributed by atoms with Gasteiger partial charge in [0.1, 0.15) is 23.3 Å². The zero-order valence-corrected chi connectivity index (χ0v) is 16.4. The molecule has 2 aliphatic heterocycles. The molecule has 2 fully saturated rings. The van der Waals surface area contributed by atoms with Crippen LogP contribution in [0.25, 0.3) is 0 Å². The molecule has 15 heteroatoms. The number of halogens is 3. The number of nitrogens with one attached hydrogen (secondary N) is 1. The molecule has 1 aromatic carbocycles. The van der Waals surface area contributed by atoms with E-state index < -0.39 is 63.4 Å². The zero-order chi connectivity index (χ0) is 22.3. The third kappa shape index (κ3) is 3.91. The summed E-state index contributed by atoms with van der Waals surface area (Å²) in [4.78, 5) is 36.1. The summed E-state index contributed by atoms with van der Waals surface area (Å²) in [6.45, 7) is -0.469. The highest BCUT2D eigenvalue weighted by atomic mass is 32.2. The topological polar surface area (TPSA) is 136 Å². The number of carboxylic acid groups (broad SMARTS) is 1. The van der Waals surface area contributed by atoms with Crippen molar-refractivity contribution >= 4 is 39.6 Å². The molecule has 10 nitrogen and oxygen atoms in total. The minimum Gasteiger partial charge on any atom is -0.546 e. The number of aliphatic carboxylic acids is 1. The third-order valence-electron chi connectivity index (χ3n) is 4.23. The molecule has 0 aromatic heterocycles. The van der Waals surface area contributed by atoms with Crippen LogP contribution in [0.15, 0.2) is 30.3 Å². The molecule has 2 saturated heterocycles. The average molecular weight is 468 g/mol. The average Bonchev–Trinajstić information content (AvgIpc) is 2.68. The van der Waals surface area contributed by atoms with Crippen LogP contribution in [-0.2, 0) is 24.4 Å². The van der Waals surface area contributed by atoms with Gasteiger partial charge in [-0.3, -0.25) is 9.59 Å². The predicted molar refractivity (Wildman–Crippen MR) is 92.6 cm³/mol. The number of hydrogen-bond donors (Lipinski definition) is 1. The summed E-state index contributed by atoms with van der Waals surface area (Å²) in [6, 6.07) is 6.98. The largest absolute Gasteiger partial charge is 0.546 e. The minimum atomic E-state index is -6.03. The number of β-lactam (4-membered cyclic amide) rings is 1. The maximum atomic E-state index is 12.8. The van der Waals surface area contributed by atoms with Gasteiger partial charge in [0, 0.05) is 0 Å². The second-order valence-corrected chi connectivity index (χ2v) is 9.07. The lowest BCUT2D eigenvalue weighted by atomic mass is 10.1. The van der Waals surface area contributed by atoms with Crippen LogP contribution in [0.5, 0.6) is 5.75 Å². The molecule has 3 atom stereocenters. The molecule has 0 saturated carbocycles. The molecule has 2 heterocycles. The van der Waals surface area contributed by atoms with Gasteiger partial charge in [-0.2, -0.15) is 17.5 Å². The summed E-state index contributed by atoms with van der Waals surface area (Å²) in [6.07, 6.45) is -2.48. The van der Waals surface area contributed by atoms with Crippen molar-refractivity contribution in [3.8, 4) is 5.75 Å². The van der Waals surface area contributed by atoms with Crippen molar-refractivity contribution in [2.45, 2.75) is 23.1 Å². The first-order chi connectivity index (χ1) is 13.9. The summed E-state index contributed by atoms with van der Waals surface area (Å²) < 4.78 is 66.7. The second kappa shape index (κ2) is 7.96. The summed E-state index contributed by atoms with van der Waals surface area (Å²) in [5.74, 6) is -4.50. The quantitative estimate of drug-likeness (QED) is 0.507. The summed E-state index contributed by atoms with van der Waals surface area (Å²) in [5.41, 5.74) is -5.76. The van der Waals surface area contributed by atoms with E-state index in [9.17, 15) is 41.1 Å². The summed E-state index contributed by atoms with van der Waals surface area (Å²) >= 11 is 0.559. The van der Waals surface area contributed by atoms with E-state index in [1.54, 1.807) is 30.3 Å². The smallest absolute Gasteiger partial charge is 0.511 e. The van der Waals surface area contributed by atoms with Gasteiger partial charge < -0.3 is 24.9 Å². The molecule has 0 spiro atoms. The molecular weight excluding hydrogens is 455 g/mol. The Balaban J connectivity index is 1.68. The number of carbonyl (C=O) groups excluding carboxylic acids is 3. The number of hydrogen-bond acceptors (Lipinski definition) is 8. The normalized spacial score (nSPS) is 24.6. The Labute approximate surface area is 172 Å². The van der Waals surface area contributed by atoms with Crippen molar-refractivity contribution in [2.24, 2.45) is 0 Å². The van der Waals surface area contributed by atoms with Gasteiger partial charge in [-0.15, -0.1) is 11.8 Å². The number of carboxylic acids is 1. The van der Waals surface area contributed by atoms with Gasteiger partial charge in [0.25, 0.3) is 11.8 Å². The first kappa shape index (κ1) is 22.2. The van der Waals surface area contributed by atoms with Crippen molar-refractivity contribution in [3.63, 3.8) is 0 Å². The third-order valence-corrected chi connectivity index (χ3v) is 7.19. The summed E-state index contributed by atoms with van der Waals surface area (Å²) in [5, 5.41) is 12.6. The maximum Gasteiger partial charge on any atom is 0.511 e. The lowest BCUT2D eigenvalue weighted by Crippen LogP contribution is -2.79. The molecule has 30 heavy (non-hydrogen) atoms. The highest BCUT2D eigenvalue weighted by Crippen LogP contribution is 2.41. The van der Waals surface area contributed by atoms with Gasteiger partial charge in [-0.05, 0) is 12.1 Å². The maximum absolute atomic E-state index is 12.8. The number of amides is 2. The number of sulfonamides is 1. The van der Waals surface area contributed by atoms with E-state index in [4.69, 9.17) is 4.74 Å². The highest BCUT2D eigenvalue weighted by molar-refractivity contribution is 8.01. The van der Waals surface area contributed by atoms with Crippen LogP contribution >= 0.6 is 11.8 Å². The molecule has 1 N–H and O–H groups in total.